The molecule has 3 aromatic carbocycles. The molecule has 2 aliphatic heterocycles. The van der Waals surface area contributed by atoms with Gasteiger partial charge in [-0.2, -0.15) is 13.9 Å². The molecule has 2 aliphatic rings. The number of hydrogen-bond acceptors (Lipinski definition) is 5. The molecule has 0 bridgehead atoms. The molecule has 0 radical (unpaired) electrons. The van der Waals surface area contributed by atoms with Crippen LogP contribution >= 0.6 is 0 Å². The van der Waals surface area contributed by atoms with Gasteiger partial charge in [0.1, 0.15) is 5.75 Å². The molecular formula is C27H21F2N5O4. The second-order valence-electron chi connectivity index (χ2n) is 9.29. The molecule has 0 saturated carbocycles. The van der Waals surface area contributed by atoms with E-state index in [1.165, 1.54) is 17.0 Å². The number of imide groups is 1. The molecule has 38 heavy (non-hydrogen) atoms. The minimum Gasteiger partial charge on any atom is -0.435 e. The highest BCUT2D eigenvalue weighted by atomic mass is 19.3. The van der Waals surface area contributed by atoms with Gasteiger partial charge in [-0.05, 0) is 46.5 Å². The van der Waals surface area contributed by atoms with Crippen molar-refractivity contribution in [2.75, 3.05) is 6.54 Å². The van der Waals surface area contributed by atoms with Crippen molar-refractivity contribution in [3.8, 4) is 16.9 Å². The third kappa shape index (κ3) is 3.83. The number of carbonyl (C=O) groups is 3. The molecule has 3 heterocycles. The van der Waals surface area contributed by atoms with Crippen LogP contribution in [0.15, 0.2) is 66.9 Å². The lowest BCUT2D eigenvalue weighted by Gasteiger charge is -2.31. The van der Waals surface area contributed by atoms with Gasteiger partial charge in [0.2, 0.25) is 0 Å². The number of aryl methyl sites for hydroxylation is 1. The lowest BCUT2D eigenvalue weighted by molar-refractivity contribution is -0.124. The van der Waals surface area contributed by atoms with Crippen LogP contribution in [-0.2, 0) is 23.9 Å². The first-order valence-corrected chi connectivity index (χ1v) is 11.8. The van der Waals surface area contributed by atoms with E-state index in [0.29, 0.717) is 11.1 Å². The monoisotopic (exact) mass is 517 g/mol. The predicted molar refractivity (Wildman–Crippen MR) is 132 cm³/mol. The van der Waals surface area contributed by atoms with Crippen LogP contribution in [0.1, 0.15) is 21.5 Å². The molecule has 1 aromatic heterocycles. The van der Waals surface area contributed by atoms with Crippen molar-refractivity contribution >= 4 is 28.7 Å². The molecule has 0 unspecified atom stereocenters. The molecule has 9 nitrogen and oxygen atoms in total. The quantitative estimate of drug-likeness (QED) is 0.381. The van der Waals surface area contributed by atoms with E-state index in [9.17, 15) is 23.2 Å². The molecule has 4 amide bonds. The maximum absolute atomic E-state index is 13.2. The summed E-state index contributed by atoms with van der Waals surface area (Å²) in [5.41, 5.74) is 2.65. The van der Waals surface area contributed by atoms with E-state index in [-0.39, 0.29) is 24.4 Å². The number of ether oxygens (including phenoxy) is 1. The lowest BCUT2D eigenvalue weighted by Crippen LogP contribution is -2.52. The van der Waals surface area contributed by atoms with E-state index in [2.05, 4.69) is 20.5 Å². The van der Waals surface area contributed by atoms with Gasteiger partial charge < -0.3 is 15.0 Å². The molecule has 2 N–H and O–H groups in total. The first-order valence-electron chi connectivity index (χ1n) is 11.8. The van der Waals surface area contributed by atoms with Gasteiger partial charge in [-0.15, -0.1) is 0 Å². The Bertz CT molecular complexity index is 1620. The van der Waals surface area contributed by atoms with Crippen molar-refractivity contribution in [2.45, 2.75) is 18.7 Å². The molecule has 6 rings (SSSR count). The Labute approximate surface area is 215 Å². The zero-order chi connectivity index (χ0) is 26.6. The van der Waals surface area contributed by atoms with Crippen molar-refractivity contribution in [3.05, 3.63) is 83.6 Å². The van der Waals surface area contributed by atoms with E-state index in [4.69, 9.17) is 0 Å². The number of aromatic nitrogens is 2. The smallest absolute Gasteiger partial charge is 0.387 e. The normalized spacial score (nSPS) is 18.7. The van der Waals surface area contributed by atoms with Gasteiger partial charge in [0.15, 0.2) is 5.54 Å². The summed E-state index contributed by atoms with van der Waals surface area (Å²) in [6.45, 7) is -3.02. The van der Waals surface area contributed by atoms with Gasteiger partial charge in [-0.25, -0.2) is 4.79 Å². The highest BCUT2D eigenvalue weighted by molar-refractivity contribution is 6.08. The number of alkyl halides is 2. The number of nitrogens with one attached hydrogen (secondary N) is 2. The number of rotatable bonds is 6. The summed E-state index contributed by atoms with van der Waals surface area (Å²) in [7, 11) is 1.87. The number of benzene rings is 3. The molecule has 0 aliphatic carbocycles. The Balaban J connectivity index is 1.30. The fourth-order valence-corrected chi connectivity index (χ4v) is 5.12. The minimum atomic E-state index is -3.02. The van der Waals surface area contributed by atoms with Crippen LogP contribution in [0.5, 0.6) is 5.75 Å². The average Bonchev–Trinajstić information content (AvgIpc) is 3.51. The maximum Gasteiger partial charge on any atom is 0.387 e. The van der Waals surface area contributed by atoms with E-state index in [1.54, 1.807) is 29.1 Å². The third-order valence-electron chi connectivity index (χ3n) is 7.01. The van der Waals surface area contributed by atoms with Gasteiger partial charge in [-0.3, -0.25) is 19.6 Å². The second kappa shape index (κ2) is 8.65. The molecule has 0 spiro atoms. The highest BCUT2D eigenvalue weighted by Crippen LogP contribution is 2.34. The van der Waals surface area contributed by atoms with Crippen LogP contribution in [0.25, 0.3) is 22.0 Å². The zero-order valence-corrected chi connectivity index (χ0v) is 20.1. The van der Waals surface area contributed by atoms with E-state index < -0.39 is 30.0 Å². The first kappa shape index (κ1) is 23.6. The average molecular weight is 517 g/mol. The van der Waals surface area contributed by atoms with Crippen molar-refractivity contribution in [1.29, 1.82) is 0 Å². The number of halogens is 2. The zero-order valence-electron chi connectivity index (χ0n) is 20.1. The largest absolute Gasteiger partial charge is 0.435 e. The Kier molecular flexibility index (Phi) is 5.37. The summed E-state index contributed by atoms with van der Waals surface area (Å²) in [5, 5.41) is 10.2. The van der Waals surface area contributed by atoms with Gasteiger partial charge in [0, 0.05) is 24.5 Å². The predicted octanol–water partition coefficient (Wildman–Crippen LogP) is 3.53. The second-order valence-corrected chi connectivity index (χ2v) is 9.29. The Morgan fingerprint density at radius 2 is 1.79 bits per heavy atom. The van der Waals surface area contributed by atoms with Crippen molar-refractivity contribution in [3.63, 3.8) is 0 Å². The fraction of sp³-hybridized carbons (Fsp3) is 0.185. The molecular weight excluding hydrogens is 496 g/mol. The van der Waals surface area contributed by atoms with Crippen LogP contribution in [0.4, 0.5) is 13.6 Å². The van der Waals surface area contributed by atoms with Gasteiger partial charge in [-0.1, -0.05) is 36.4 Å². The minimum absolute atomic E-state index is 0.129. The standard InChI is InChI=1S/C27H21F2N5O4/c1-33-22-9-5-16(10-18(22)12-30-33)15-2-6-19(7-3-15)27(24(36)31-26(37)32-27)14-34-13-17-4-8-20(38-25(28)29)11-21(17)23(34)35/h2-12,25H,13-14H2,1H3,(H2,31,32,36,37)/t27-/m0/s1. The first-order chi connectivity index (χ1) is 18.2. The number of nitrogens with zero attached hydrogens (tertiary/aromatic N) is 3. The summed E-state index contributed by atoms with van der Waals surface area (Å²) in [6, 6.07) is 16.7. The van der Waals surface area contributed by atoms with Gasteiger partial charge in [0.25, 0.3) is 11.8 Å². The molecule has 11 heteroatoms. The number of hydrogen-bond donors (Lipinski definition) is 2. The SMILES string of the molecule is Cn1ncc2cc(-c3ccc([C@]4(CN5Cc6ccc(OC(F)F)cc6C5=O)NC(=O)NC4=O)cc3)ccc21. The van der Waals surface area contributed by atoms with E-state index in [1.807, 2.05) is 37.4 Å². The number of fused-ring (bicyclic) bond motifs is 2. The van der Waals surface area contributed by atoms with Crippen LogP contribution < -0.4 is 15.4 Å². The lowest BCUT2D eigenvalue weighted by atomic mass is 9.88. The number of amides is 4. The molecule has 1 saturated heterocycles. The molecule has 4 aromatic rings. The molecule has 1 atom stereocenters. The topological polar surface area (TPSA) is 106 Å². The van der Waals surface area contributed by atoms with Crippen molar-refractivity contribution < 1.29 is 27.9 Å². The maximum atomic E-state index is 13.2. The van der Waals surface area contributed by atoms with Crippen LogP contribution in [-0.4, -0.2) is 45.7 Å². The van der Waals surface area contributed by atoms with Crippen molar-refractivity contribution in [2.24, 2.45) is 7.05 Å². The number of urea groups is 1. The van der Waals surface area contributed by atoms with Gasteiger partial charge in [0.05, 0.1) is 18.3 Å². The third-order valence-corrected chi connectivity index (χ3v) is 7.01. The Morgan fingerprint density at radius 3 is 2.50 bits per heavy atom. The Hall–Kier alpha value is -4.80. The summed E-state index contributed by atoms with van der Waals surface area (Å²) in [5.74, 6) is -1.16. The number of carbonyl (C=O) groups excluding carboxylic acids is 3. The summed E-state index contributed by atoms with van der Waals surface area (Å²) >= 11 is 0. The van der Waals surface area contributed by atoms with E-state index >= 15 is 0 Å². The van der Waals surface area contributed by atoms with Crippen LogP contribution in [0.3, 0.4) is 0 Å². The highest BCUT2D eigenvalue weighted by Gasteiger charge is 2.50. The summed E-state index contributed by atoms with van der Waals surface area (Å²) in [6.07, 6.45) is 1.79. The van der Waals surface area contributed by atoms with Crippen molar-refractivity contribution in [1.82, 2.24) is 25.3 Å². The molecule has 192 valence electrons. The van der Waals surface area contributed by atoms with E-state index in [0.717, 1.165) is 22.0 Å². The summed E-state index contributed by atoms with van der Waals surface area (Å²) < 4.78 is 31.5. The fourth-order valence-electron chi connectivity index (χ4n) is 5.12. The molecule has 1 fully saturated rings. The summed E-state index contributed by atoms with van der Waals surface area (Å²) in [4.78, 5) is 39.9. The Morgan fingerprint density at radius 1 is 1.03 bits per heavy atom. The van der Waals surface area contributed by atoms with Gasteiger partial charge >= 0.3 is 12.6 Å². The van der Waals surface area contributed by atoms with Crippen LogP contribution in [0, 0.1) is 0 Å². The van der Waals surface area contributed by atoms with Crippen LogP contribution in [0.2, 0.25) is 0 Å².